The highest BCUT2D eigenvalue weighted by molar-refractivity contribution is 7.99. The lowest BCUT2D eigenvalue weighted by atomic mass is 9.94. The van der Waals surface area contributed by atoms with Crippen molar-refractivity contribution in [2.75, 3.05) is 33.2 Å². The number of methoxy groups -OCH3 is 2. The second-order valence-electron chi connectivity index (χ2n) is 10.3. The van der Waals surface area contributed by atoms with Gasteiger partial charge in [-0.25, -0.2) is 9.48 Å². The van der Waals surface area contributed by atoms with Crippen molar-refractivity contribution in [1.29, 1.82) is 0 Å². The molecule has 1 N–H and O–H groups in total. The van der Waals surface area contributed by atoms with Gasteiger partial charge in [-0.3, -0.25) is 19.3 Å². The van der Waals surface area contributed by atoms with E-state index in [1.165, 1.54) is 31.0 Å². The summed E-state index contributed by atoms with van der Waals surface area (Å²) in [4.78, 5) is 54.1. The normalized spacial score (nSPS) is 18.6. The Morgan fingerprint density at radius 2 is 1.98 bits per heavy atom. The number of benzene rings is 2. The molecule has 0 spiro atoms. The average Bonchev–Trinajstić information content (AvgIpc) is 3.53. The van der Waals surface area contributed by atoms with Gasteiger partial charge in [0.15, 0.2) is 6.23 Å². The van der Waals surface area contributed by atoms with Crippen molar-refractivity contribution >= 4 is 35.5 Å². The highest BCUT2D eigenvalue weighted by atomic mass is 32.2. The van der Waals surface area contributed by atoms with E-state index in [0.717, 1.165) is 27.8 Å². The summed E-state index contributed by atoms with van der Waals surface area (Å²) < 4.78 is 28.8. The standard InChI is InChI=1S/C31H32N6O9S/c1-5-13-44-24(38)15-36-30(33-34-35-36)47-18-21-17-46-29-31(43-4,32-26(39)22-11-6-7-12-23(22)42-3)28(41)37(29)25(21)27(40)45-16-20-10-8-9-19(2)14-20/h5-12,14,29H,1,13,15-18H2,2-4H3,(H,32,39)/t29-,31+/m1/s1. The number of aryl methyl sites for hydroxylation is 1. The fourth-order valence-corrected chi connectivity index (χ4v) is 5.87. The summed E-state index contributed by atoms with van der Waals surface area (Å²) >= 11 is 1.11. The van der Waals surface area contributed by atoms with Crippen molar-refractivity contribution in [3.05, 3.63) is 89.1 Å². The minimum Gasteiger partial charge on any atom is -0.496 e. The molecule has 0 aliphatic carbocycles. The predicted molar refractivity (Wildman–Crippen MR) is 164 cm³/mol. The monoisotopic (exact) mass is 664 g/mol. The average molecular weight is 665 g/mol. The molecule has 0 unspecified atom stereocenters. The van der Waals surface area contributed by atoms with Gasteiger partial charge in [0.05, 0.1) is 19.3 Å². The number of rotatable bonds is 14. The second kappa shape index (κ2) is 14.6. The molecule has 0 saturated carbocycles. The first-order valence-electron chi connectivity index (χ1n) is 14.3. The summed E-state index contributed by atoms with van der Waals surface area (Å²) in [5.74, 6) is -2.36. The molecule has 246 valence electrons. The molecule has 1 aromatic heterocycles. The van der Waals surface area contributed by atoms with Crippen LogP contribution in [0, 0.1) is 6.92 Å². The molecule has 16 heteroatoms. The summed E-state index contributed by atoms with van der Waals surface area (Å²) in [6, 6.07) is 14.0. The van der Waals surface area contributed by atoms with Crippen molar-refractivity contribution in [2.45, 2.75) is 37.2 Å². The minimum absolute atomic E-state index is 0.0367. The molecule has 2 aliphatic heterocycles. The van der Waals surface area contributed by atoms with Crippen LogP contribution >= 0.6 is 11.8 Å². The largest absolute Gasteiger partial charge is 0.496 e. The Kier molecular flexibility index (Phi) is 10.3. The Balaban J connectivity index is 1.40. The van der Waals surface area contributed by atoms with Crippen LogP contribution in [0.25, 0.3) is 0 Å². The maximum atomic E-state index is 13.9. The molecular weight excluding hydrogens is 632 g/mol. The Morgan fingerprint density at radius 1 is 1.17 bits per heavy atom. The third kappa shape index (κ3) is 6.89. The van der Waals surface area contributed by atoms with Crippen molar-refractivity contribution in [2.24, 2.45) is 0 Å². The van der Waals surface area contributed by atoms with E-state index in [-0.39, 0.29) is 48.5 Å². The van der Waals surface area contributed by atoms with E-state index in [0.29, 0.717) is 11.3 Å². The maximum Gasteiger partial charge on any atom is 0.355 e. The molecule has 2 amide bonds. The number of thioether (sulfide) groups is 1. The fraction of sp³-hybridized carbons (Fsp3) is 0.323. The molecule has 2 aromatic carbocycles. The van der Waals surface area contributed by atoms with Gasteiger partial charge < -0.3 is 29.0 Å². The number of para-hydroxylation sites is 1. The predicted octanol–water partition coefficient (Wildman–Crippen LogP) is 1.78. The molecule has 3 aromatic rings. The number of nitrogens with one attached hydrogen (secondary N) is 1. The van der Waals surface area contributed by atoms with E-state index in [2.05, 4.69) is 27.4 Å². The first kappa shape index (κ1) is 33.3. The number of esters is 2. The molecule has 0 bridgehead atoms. The summed E-state index contributed by atoms with van der Waals surface area (Å²) in [7, 11) is 2.68. The maximum absolute atomic E-state index is 13.9. The summed E-state index contributed by atoms with van der Waals surface area (Å²) in [5.41, 5.74) is 0.305. The molecule has 2 aliphatic rings. The number of amides is 2. The summed E-state index contributed by atoms with van der Waals surface area (Å²) in [6.07, 6.45) is 0.244. The van der Waals surface area contributed by atoms with Gasteiger partial charge in [-0.15, -0.1) is 5.10 Å². The molecule has 3 heterocycles. The van der Waals surface area contributed by atoms with Crippen LogP contribution in [0.15, 0.2) is 77.6 Å². The van der Waals surface area contributed by atoms with Gasteiger partial charge in [-0.05, 0) is 40.6 Å². The van der Waals surface area contributed by atoms with E-state index < -0.39 is 35.7 Å². The molecule has 47 heavy (non-hydrogen) atoms. The third-order valence-electron chi connectivity index (χ3n) is 7.24. The van der Waals surface area contributed by atoms with Crippen LogP contribution in [0.2, 0.25) is 0 Å². The minimum atomic E-state index is -1.94. The van der Waals surface area contributed by atoms with Crippen molar-refractivity contribution in [1.82, 2.24) is 30.4 Å². The first-order valence-corrected chi connectivity index (χ1v) is 15.3. The highest BCUT2D eigenvalue weighted by Crippen LogP contribution is 2.42. The van der Waals surface area contributed by atoms with Crippen LogP contribution in [-0.2, 0) is 46.5 Å². The number of tetrazole rings is 1. The lowest BCUT2D eigenvalue weighted by molar-refractivity contribution is -0.256. The van der Waals surface area contributed by atoms with E-state index in [9.17, 15) is 19.2 Å². The van der Waals surface area contributed by atoms with Gasteiger partial charge in [0.25, 0.3) is 17.5 Å². The number of fused-ring (bicyclic) bond motifs is 1. The quantitative estimate of drug-likeness (QED) is 0.0870. The number of β-lactam (4-membered cyclic amide) rings is 1. The smallest absolute Gasteiger partial charge is 0.355 e. The Hall–Kier alpha value is -5.06. The molecule has 1 saturated heterocycles. The lowest BCUT2D eigenvalue weighted by Crippen LogP contribution is -2.82. The number of aromatic nitrogens is 4. The number of hydrogen-bond donors (Lipinski definition) is 1. The molecule has 0 radical (unpaired) electrons. The van der Waals surface area contributed by atoms with Gasteiger partial charge in [-0.2, -0.15) is 0 Å². The summed E-state index contributed by atoms with van der Waals surface area (Å²) in [5, 5.41) is 14.3. The van der Waals surface area contributed by atoms with Crippen molar-refractivity contribution in [3.63, 3.8) is 0 Å². The second-order valence-corrected chi connectivity index (χ2v) is 11.3. The molecule has 5 rings (SSSR count). The number of carbonyl (C=O) groups excluding carboxylic acids is 4. The van der Waals surface area contributed by atoms with Gasteiger partial charge >= 0.3 is 11.9 Å². The van der Waals surface area contributed by atoms with Crippen molar-refractivity contribution in [3.8, 4) is 5.75 Å². The van der Waals surface area contributed by atoms with Crippen LogP contribution in [0.3, 0.4) is 0 Å². The number of carbonyl (C=O) groups is 4. The van der Waals surface area contributed by atoms with Gasteiger partial charge in [-0.1, -0.05) is 66.4 Å². The van der Waals surface area contributed by atoms with Gasteiger partial charge in [0.1, 0.15) is 31.2 Å². The Bertz CT molecular complexity index is 1730. The lowest BCUT2D eigenvalue weighted by Gasteiger charge is -2.55. The number of nitrogens with zero attached hydrogens (tertiary/aromatic N) is 5. The van der Waals surface area contributed by atoms with Crippen LogP contribution in [0.1, 0.15) is 21.5 Å². The number of ether oxygens (including phenoxy) is 5. The van der Waals surface area contributed by atoms with E-state index >= 15 is 0 Å². The van der Waals surface area contributed by atoms with Gasteiger partial charge in [0, 0.05) is 12.9 Å². The molecule has 1 fully saturated rings. The Labute approximate surface area is 273 Å². The van der Waals surface area contributed by atoms with Crippen LogP contribution < -0.4 is 10.1 Å². The molecular formula is C31H32N6O9S. The zero-order chi connectivity index (χ0) is 33.6. The SMILES string of the molecule is C=CCOC(=O)Cn1nnnc1SCC1=C(C(=O)OCc2cccc(C)c2)N2C(=O)[C@](NC(=O)c3ccccc3OC)(OC)[C@H]2OC1. The van der Waals surface area contributed by atoms with Gasteiger partial charge in [0.2, 0.25) is 5.16 Å². The van der Waals surface area contributed by atoms with E-state index in [4.69, 9.17) is 23.7 Å². The zero-order valence-electron chi connectivity index (χ0n) is 25.8. The fourth-order valence-electron chi connectivity index (χ4n) is 5.00. The van der Waals surface area contributed by atoms with E-state index in [1.54, 1.807) is 18.2 Å². The van der Waals surface area contributed by atoms with Crippen LogP contribution in [0.4, 0.5) is 0 Å². The zero-order valence-corrected chi connectivity index (χ0v) is 26.7. The molecule has 2 atom stereocenters. The molecule has 15 nitrogen and oxygen atoms in total. The van der Waals surface area contributed by atoms with Crippen LogP contribution in [-0.4, -0.2) is 94.0 Å². The van der Waals surface area contributed by atoms with E-state index in [1.807, 2.05) is 31.2 Å². The highest BCUT2D eigenvalue weighted by Gasteiger charge is 2.67. The van der Waals surface area contributed by atoms with Crippen molar-refractivity contribution < 1.29 is 42.9 Å². The topological polar surface area (TPSA) is 173 Å². The Morgan fingerprint density at radius 3 is 2.72 bits per heavy atom. The summed E-state index contributed by atoms with van der Waals surface area (Å²) in [6.45, 7) is 5.03. The third-order valence-corrected chi connectivity index (χ3v) is 8.29. The number of hydrogen-bond acceptors (Lipinski definition) is 13. The first-order chi connectivity index (χ1) is 22.7. The van der Waals surface area contributed by atoms with Crippen LogP contribution in [0.5, 0.6) is 5.75 Å².